The van der Waals surface area contributed by atoms with E-state index in [0.717, 1.165) is 43.6 Å². The molecule has 2 nitrogen and oxygen atoms in total. The molecule has 0 aromatic heterocycles. The van der Waals surface area contributed by atoms with Crippen molar-refractivity contribution >= 4 is 0 Å². The van der Waals surface area contributed by atoms with Crippen LogP contribution in [0.1, 0.15) is 24.0 Å². The van der Waals surface area contributed by atoms with Crippen LogP contribution in [0.3, 0.4) is 0 Å². The van der Waals surface area contributed by atoms with Gasteiger partial charge in [-0.25, -0.2) is 4.39 Å². The Balaban J connectivity index is 1.88. The lowest BCUT2D eigenvalue weighted by atomic mass is 10.1. The molecule has 1 heterocycles. The molecule has 0 bridgehead atoms. The van der Waals surface area contributed by atoms with E-state index in [4.69, 9.17) is 0 Å². The lowest BCUT2D eigenvalue weighted by molar-refractivity contribution is 0.386. The summed E-state index contributed by atoms with van der Waals surface area (Å²) in [7, 11) is 0. The van der Waals surface area contributed by atoms with E-state index in [1.807, 2.05) is 13.0 Å². The van der Waals surface area contributed by atoms with Gasteiger partial charge in [0.2, 0.25) is 0 Å². The fraction of sp³-hybridized carbons (Fsp3) is 0.538. The Morgan fingerprint density at radius 2 is 2.06 bits per heavy atom. The molecule has 1 aromatic rings. The van der Waals surface area contributed by atoms with E-state index >= 15 is 0 Å². The zero-order chi connectivity index (χ0) is 11.4. The van der Waals surface area contributed by atoms with Crippen LogP contribution < -0.4 is 10.6 Å². The van der Waals surface area contributed by atoms with Gasteiger partial charge in [0.25, 0.3) is 0 Å². The minimum absolute atomic E-state index is 0.137. The molecule has 0 unspecified atom stereocenters. The zero-order valence-corrected chi connectivity index (χ0v) is 9.72. The Kier molecular flexibility index (Phi) is 3.91. The molecule has 2 N–H and O–H groups in total. The topological polar surface area (TPSA) is 24.1 Å². The van der Waals surface area contributed by atoms with Gasteiger partial charge in [0.15, 0.2) is 0 Å². The van der Waals surface area contributed by atoms with Crippen LogP contribution in [0.15, 0.2) is 18.2 Å². The van der Waals surface area contributed by atoms with Gasteiger partial charge in [-0.05, 0) is 56.1 Å². The van der Waals surface area contributed by atoms with Crippen molar-refractivity contribution in [3.05, 3.63) is 35.1 Å². The van der Waals surface area contributed by atoms with Crippen molar-refractivity contribution in [1.29, 1.82) is 0 Å². The van der Waals surface area contributed by atoms with E-state index in [1.54, 1.807) is 12.1 Å². The summed E-state index contributed by atoms with van der Waals surface area (Å²) in [5.74, 6) is -0.137. The van der Waals surface area contributed by atoms with Crippen LogP contribution in [0.5, 0.6) is 0 Å². The van der Waals surface area contributed by atoms with Gasteiger partial charge in [-0.2, -0.15) is 0 Å². The summed E-state index contributed by atoms with van der Waals surface area (Å²) in [5.41, 5.74) is 2.03. The van der Waals surface area contributed by atoms with Crippen molar-refractivity contribution in [1.82, 2.24) is 10.6 Å². The molecule has 1 aromatic carbocycles. The lowest BCUT2D eigenvalue weighted by Gasteiger charge is -2.23. The smallest absolute Gasteiger partial charge is 0.123 e. The van der Waals surface area contributed by atoms with Gasteiger partial charge >= 0.3 is 0 Å². The van der Waals surface area contributed by atoms with Crippen molar-refractivity contribution in [2.75, 3.05) is 13.1 Å². The largest absolute Gasteiger partial charge is 0.317 e. The van der Waals surface area contributed by atoms with E-state index in [9.17, 15) is 4.39 Å². The predicted molar refractivity (Wildman–Crippen MR) is 63.9 cm³/mol. The molecule has 2 rings (SSSR count). The number of piperidine rings is 1. The Labute approximate surface area is 96.2 Å². The van der Waals surface area contributed by atoms with Crippen molar-refractivity contribution < 1.29 is 4.39 Å². The Hall–Kier alpha value is -0.930. The summed E-state index contributed by atoms with van der Waals surface area (Å²) < 4.78 is 13.2. The molecule has 0 atom stereocenters. The summed E-state index contributed by atoms with van der Waals surface area (Å²) >= 11 is 0. The summed E-state index contributed by atoms with van der Waals surface area (Å²) in [5, 5.41) is 6.82. The highest BCUT2D eigenvalue weighted by Crippen LogP contribution is 2.09. The van der Waals surface area contributed by atoms with Gasteiger partial charge in [-0.1, -0.05) is 6.07 Å². The number of rotatable bonds is 3. The standard InChI is InChI=1S/C13H19FN2/c1-10-6-11(8-12(14)7-10)9-16-13-2-4-15-5-3-13/h6-8,13,15-16H,2-5,9H2,1H3. The molecule has 1 fully saturated rings. The highest BCUT2D eigenvalue weighted by atomic mass is 19.1. The lowest BCUT2D eigenvalue weighted by Crippen LogP contribution is -2.39. The van der Waals surface area contributed by atoms with Crippen LogP contribution >= 0.6 is 0 Å². The van der Waals surface area contributed by atoms with Gasteiger partial charge in [0, 0.05) is 12.6 Å². The zero-order valence-electron chi connectivity index (χ0n) is 9.72. The minimum Gasteiger partial charge on any atom is -0.317 e. The Morgan fingerprint density at radius 3 is 2.75 bits per heavy atom. The first kappa shape index (κ1) is 11.6. The van der Waals surface area contributed by atoms with Crippen LogP contribution in [-0.2, 0) is 6.54 Å². The number of hydrogen-bond acceptors (Lipinski definition) is 2. The fourth-order valence-electron chi connectivity index (χ4n) is 2.20. The van der Waals surface area contributed by atoms with Gasteiger partial charge in [0.1, 0.15) is 5.82 Å². The monoisotopic (exact) mass is 222 g/mol. The third-order valence-corrected chi connectivity index (χ3v) is 3.04. The first-order chi connectivity index (χ1) is 7.74. The van der Waals surface area contributed by atoms with Crippen LogP contribution in [0, 0.1) is 12.7 Å². The molecular weight excluding hydrogens is 203 g/mol. The normalized spacial score (nSPS) is 17.6. The van der Waals surface area contributed by atoms with Gasteiger partial charge in [-0.3, -0.25) is 0 Å². The SMILES string of the molecule is Cc1cc(F)cc(CNC2CCNCC2)c1. The number of benzene rings is 1. The minimum atomic E-state index is -0.137. The summed E-state index contributed by atoms with van der Waals surface area (Å²) in [6, 6.07) is 5.79. The second-order valence-corrected chi connectivity index (χ2v) is 4.54. The first-order valence-corrected chi connectivity index (χ1v) is 5.94. The maximum absolute atomic E-state index is 13.2. The highest BCUT2D eigenvalue weighted by Gasteiger charge is 2.11. The van der Waals surface area contributed by atoms with Crippen LogP contribution in [0.4, 0.5) is 4.39 Å². The van der Waals surface area contributed by atoms with Crippen LogP contribution in [0.25, 0.3) is 0 Å². The quantitative estimate of drug-likeness (QED) is 0.817. The van der Waals surface area contributed by atoms with Gasteiger partial charge in [-0.15, -0.1) is 0 Å². The second kappa shape index (κ2) is 5.41. The number of hydrogen-bond donors (Lipinski definition) is 2. The van der Waals surface area contributed by atoms with Gasteiger partial charge in [0.05, 0.1) is 0 Å². The van der Waals surface area contributed by atoms with Gasteiger partial charge < -0.3 is 10.6 Å². The van der Waals surface area contributed by atoms with Crippen LogP contribution in [-0.4, -0.2) is 19.1 Å². The molecule has 1 saturated heterocycles. The van der Waals surface area contributed by atoms with Crippen molar-refractivity contribution in [3.63, 3.8) is 0 Å². The Morgan fingerprint density at radius 1 is 1.31 bits per heavy atom. The number of aryl methyl sites for hydroxylation is 1. The molecule has 1 aliphatic heterocycles. The molecule has 0 saturated carbocycles. The van der Waals surface area contributed by atoms with Crippen molar-refractivity contribution in [2.45, 2.75) is 32.4 Å². The summed E-state index contributed by atoms with van der Waals surface area (Å²) in [6.07, 6.45) is 2.32. The molecule has 0 amide bonds. The summed E-state index contributed by atoms with van der Waals surface area (Å²) in [4.78, 5) is 0. The first-order valence-electron chi connectivity index (χ1n) is 5.94. The summed E-state index contributed by atoms with van der Waals surface area (Å²) in [6.45, 7) is 4.86. The molecule has 0 spiro atoms. The van der Waals surface area contributed by atoms with E-state index in [1.165, 1.54) is 0 Å². The third-order valence-electron chi connectivity index (χ3n) is 3.04. The molecular formula is C13H19FN2. The molecule has 88 valence electrons. The number of nitrogens with one attached hydrogen (secondary N) is 2. The van der Waals surface area contributed by atoms with E-state index in [0.29, 0.717) is 6.04 Å². The predicted octanol–water partition coefficient (Wildman–Crippen LogP) is 1.98. The highest BCUT2D eigenvalue weighted by molar-refractivity contribution is 5.23. The maximum atomic E-state index is 13.2. The average Bonchev–Trinajstić information content (AvgIpc) is 2.27. The molecule has 16 heavy (non-hydrogen) atoms. The van der Waals surface area contributed by atoms with E-state index in [-0.39, 0.29) is 5.82 Å². The molecule has 0 radical (unpaired) electrons. The average molecular weight is 222 g/mol. The molecule has 0 aliphatic carbocycles. The second-order valence-electron chi connectivity index (χ2n) is 4.54. The van der Waals surface area contributed by atoms with E-state index in [2.05, 4.69) is 10.6 Å². The maximum Gasteiger partial charge on any atom is 0.123 e. The van der Waals surface area contributed by atoms with Crippen molar-refractivity contribution in [3.8, 4) is 0 Å². The molecule has 1 aliphatic rings. The fourth-order valence-corrected chi connectivity index (χ4v) is 2.20. The molecule has 3 heteroatoms. The van der Waals surface area contributed by atoms with Crippen molar-refractivity contribution in [2.24, 2.45) is 0 Å². The third kappa shape index (κ3) is 3.29. The number of halogens is 1. The van der Waals surface area contributed by atoms with E-state index < -0.39 is 0 Å². The Bertz CT molecular complexity index is 326. The van der Waals surface area contributed by atoms with Crippen LogP contribution in [0.2, 0.25) is 0 Å².